The van der Waals surface area contributed by atoms with E-state index < -0.39 is 0 Å². The van der Waals surface area contributed by atoms with Crippen LogP contribution in [-0.4, -0.2) is 16.7 Å². The van der Waals surface area contributed by atoms with Crippen molar-refractivity contribution >= 4 is 17.6 Å². The summed E-state index contributed by atoms with van der Waals surface area (Å²) in [5, 5.41) is 9.64. The second kappa shape index (κ2) is 4.17. The molecule has 0 spiro atoms. The molecule has 0 heterocycles. The Bertz CT molecular complexity index is 497. The smallest absolute Gasteiger partial charge is 0.166 e. The molecule has 1 aliphatic rings. The third kappa shape index (κ3) is 2.13. The van der Waals surface area contributed by atoms with Gasteiger partial charge in [-0.15, -0.1) is 0 Å². The van der Waals surface area contributed by atoms with Crippen LogP contribution in [0.4, 0.5) is 0 Å². The molecule has 0 atom stereocenters. The Balaban J connectivity index is 2.46. The van der Waals surface area contributed by atoms with Gasteiger partial charge in [-0.05, 0) is 48.7 Å². The fourth-order valence-corrected chi connectivity index (χ4v) is 2.05. The number of rotatable bonds is 1. The van der Waals surface area contributed by atoms with E-state index in [0.29, 0.717) is 12.8 Å². The minimum Gasteiger partial charge on any atom is -0.507 e. The van der Waals surface area contributed by atoms with Crippen molar-refractivity contribution in [3.63, 3.8) is 0 Å². The zero-order valence-corrected chi connectivity index (χ0v) is 9.91. The van der Waals surface area contributed by atoms with Gasteiger partial charge in [0.05, 0.1) is 5.57 Å². The lowest BCUT2D eigenvalue weighted by atomic mass is 10.0. The lowest BCUT2D eigenvalue weighted by Crippen LogP contribution is -1.99. The molecule has 0 aromatic heterocycles. The van der Waals surface area contributed by atoms with Crippen LogP contribution in [0, 0.1) is 13.8 Å². The van der Waals surface area contributed by atoms with Crippen LogP contribution in [0.3, 0.4) is 0 Å². The Morgan fingerprint density at radius 1 is 1.06 bits per heavy atom. The Kier molecular flexibility index (Phi) is 2.84. The van der Waals surface area contributed by atoms with Crippen molar-refractivity contribution in [2.24, 2.45) is 0 Å². The number of carbonyl (C=O) groups excluding carboxylic acids is 2. The van der Waals surface area contributed by atoms with Crippen molar-refractivity contribution in [2.45, 2.75) is 26.7 Å². The van der Waals surface area contributed by atoms with Gasteiger partial charge in [0, 0.05) is 12.8 Å². The standard InChI is InChI=1S/C14H14O3/c1-8-5-10(6-9(2)14(8)17)7-11-12(15)3-4-13(11)16/h5-7,17H,3-4H2,1-2H3. The number of Topliss-reactive ketones (excluding diaryl/α,β-unsaturated/α-hetero) is 2. The molecule has 1 aromatic rings. The second-order valence-electron chi connectivity index (χ2n) is 4.41. The molecular weight excluding hydrogens is 216 g/mol. The van der Waals surface area contributed by atoms with Crippen molar-refractivity contribution in [2.75, 3.05) is 0 Å². The molecule has 2 rings (SSSR count). The van der Waals surface area contributed by atoms with Gasteiger partial charge in [0.2, 0.25) is 0 Å². The summed E-state index contributed by atoms with van der Waals surface area (Å²) in [5.41, 5.74) is 2.57. The number of carbonyl (C=O) groups is 2. The molecule has 1 fully saturated rings. The average molecular weight is 230 g/mol. The molecule has 88 valence electrons. The number of phenolic OH excluding ortho intramolecular Hbond substituents is 1. The highest BCUT2D eigenvalue weighted by Gasteiger charge is 2.25. The van der Waals surface area contributed by atoms with E-state index in [0.717, 1.165) is 16.7 Å². The van der Waals surface area contributed by atoms with Crippen LogP contribution in [0.15, 0.2) is 17.7 Å². The quantitative estimate of drug-likeness (QED) is 0.595. The number of benzene rings is 1. The third-order valence-electron chi connectivity index (χ3n) is 3.00. The molecule has 0 saturated heterocycles. The highest BCUT2D eigenvalue weighted by atomic mass is 16.3. The molecule has 0 unspecified atom stereocenters. The highest BCUT2D eigenvalue weighted by molar-refractivity contribution is 6.27. The largest absolute Gasteiger partial charge is 0.507 e. The number of allylic oxidation sites excluding steroid dienone is 1. The van der Waals surface area contributed by atoms with Gasteiger partial charge in [-0.25, -0.2) is 0 Å². The van der Waals surface area contributed by atoms with Gasteiger partial charge in [0.1, 0.15) is 5.75 Å². The number of hydrogen-bond acceptors (Lipinski definition) is 3. The van der Waals surface area contributed by atoms with Crippen molar-refractivity contribution in [1.29, 1.82) is 0 Å². The molecule has 17 heavy (non-hydrogen) atoms. The zero-order valence-electron chi connectivity index (χ0n) is 9.91. The molecule has 0 aliphatic heterocycles. The van der Waals surface area contributed by atoms with Crippen LogP contribution in [0.25, 0.3) is 6.08 Å². The fraction of sp³-hybridized carbons (Fsp3) is 0.286. The molecule has 1 aromatic carbocycles. The molecule has 1 aliphatic carbocycles. The van der Waals surface area contributed by atoms with E-state index in [1.807, 2.05) is 0 Å². The maximum Gasteiger partial charge on any atom is 0.166 e. The van der Waals surface area contributed by atoms with Crippen LogP contribution in [0.1, 0.15) is 29.5 Å². The number of aromatic hydroxyl groups is 1. The molecule has 3 nitrogen and oxygen atoms in total. The second-order valence-corrected chi connectivity index (χ2v) is 4.41. The maximum atomic E-state index is 11.5. The molecule has 1 saturated carbocycles. The first-order chi connectivity index (χ1) is 7.99. The predicted octanol–water partition coefficient (Wildman–Crippen LogP) is 2.32. The van der Waals surface area contributed by atoms with E-state index in [-0.39, 0.29) is 22.9 Å². The molecule has 0 bridgehead atoms. The summed E-state index contributed by atoms with van der Waals surface area (Å²) in [4.78, 5) is 23.0. The van der Waals surface area contributed by atoms with Crippen molar-refractivity contribution in [3.05, 3.63) is 34.4 Å². The first-order valence-electron chi connectivity index (χ1n) is 5.57. The molecule has 1 N–H and O–H groups in total. The Morgan fingerprint density at radius 2 is 1.53 bits per heavy atom. The topological polar surface area (TPSA) is 54.4 Å². The summed E-state index contributed by atoms with van der Waals surface area (Å²) in [6.07, 6.45) is 2.26. The highest BCUT2D eigenvalue weighted by Crippen LogP contribution is 2.26. The van der Waals surface area contributed by atoms with Crippen LogP contribution in [0.2, 0.25) is 0 Å². The van der Waals surface area contributed by atoms with Crippen molar-refractivity contribution in [1.82, 2.24) is 0 Å². The van der Waals surface area contributed by atoms with Gasteiger partial charge in [0.25, 0.3) is 0 Å². The first kappa shape index (κ1) is 11.6. The molecule has 0 radical (unpaired) electrons. The van der Waals surface area contributed by atoms with E-state index in [9.17, 15) is 14.7 Å². The fourth-order valence-electron chi connectivity index (χ4n) is 2.05. The first-order valence-corrected chi connectivity index (χ1v) is 5.57. The van der Waals surface area contributed by atoms with Crippen LogP contribution >= 0.6 is 0 Å². The van der Waals surface area contributed by atoms with Crippen molar-refractivity contribution in [3.8, 4) is 5.75 Å². The molecule has 0 amide bonds. The summed E-state index contributed by atoms with van der Waals surface area (Å²) in [6.45, 7) is 3.59. The van der Waals surface area contributed by atoms with E-state index in [1.165, 1.54) is 0 Å². The summed E-state index contributed by atoms with van der Waals surface area (Å²) in [6, 6.07) is 3.54. The van der Waals surface area contributed by atoms with E-state index in [4.69, 9.17) is 0 Å². The van der Waals surface area contributed by atoms with E-state index in [1.54, 1.807) is 32.1 Å². The Hall–Kier alpha value is -1.90. The Morgan fingerprint density at radius 3 is 2.00 bits per heavy atom. The van der Waals surface area contributed by atoms with Crippen LogP contribution < -0.4 is 0 Å². The lowest BCUT2D eigenvalue weighted by molar-refractivity contribution is -0.116. The summed E-state index contributed by atoms with van der Waals surface area (Å²) >= 11 is 0. The average Bonchev–Trinajstić information content (AvgIpc) is 2.57. The van der Waals surface area contributed by atoms with Gasteiger partial charge in [-0.2, -0.15) is 0 Å². The summed E-state index contributed by atoms with van der Waals surface area (Å²) in [7, 11) is 0. The van der Waals surface area contributed by atoms with Gasteiger partial charge in [-0.3, -0.25) is 9.59 Å². The maximum absolute atomic E-state index is 11.5. The molecular formula is C14H14O3. The molecule has 3 heteroatoms. The number of phenols is 1. The van der Waals surface area contributed by atoms with E-state index in [2.05, 4.69) is 0 Å². The van der Waals surface area contributed by atoms with Crippen LogP contribution in [-0.2, 0) is 9.59 Å². The number of hydrogen-bond donors (Lipinski definition) is 1. The number of aryl methyl sites for hydroxylation is 2. The SMILES string of the molecule is Cc1cc(C=C2C(=O)CCC2=O)cc(C)c1O. The summed E-state index contributed by atoms with van der Waals surface area (Å²) in [5.74, 6) is 0.0907. The Labute approximate surface area is 99.8 Å². The third-order valence-corrected chi connectivity index (χ3v) is 3.00. The van der Waals surface area contributed by atoms with Crippen LogP contribution in [0.5, 0.6) is 5.75 Å². The zero-order chi connectivity index (χ0) is 12.6. The minimum atomic E-state index is -0.0848. The monoisotopic (exact) mass is 230 g/mol. The van der Waals surface area contributed by atoms with Gasteiger partial charge < -0.3 is 5.11 Å². The minimum absolute atomic E-state index is 0.0848. The van der Waals surface area contributed by atoms with Gasteiger partial charge in [0.15, 0.2) is 11.6 Å². The normalized spacial score (nSPS) is 15.5. The van der Waals surface area contributed by atoms with E-state index >= 15 is 0 Å². The van der Waals surface area contributed by atoms with Gasteiger partial charge in [-0.1, -0.05) is 0 Å². The predicted molar refractivity (Wildman–Crippen MR) is 64.8 cm³/mol. The van der Waals surface area contributed by atoms with Gasteiger partial charge >= 0.3 is 0 Å². The lowest BCUT2D eigenvalue weighted by Gasteiger charge is -2.05. The number of ketones is 2. The van der Waals surface area contributed by atoms with Crippen molar-refractivity contribution < 1.29 is 14.7 Å². The summed E-state index contributed by atoms with van der Waals surface area (Å²) < 4.78 is 0.